The van der Waals surface area contributed by atoms with Gasteiger partial charge < -0.3 is 10.2 Å². The number of fused-ring (bicyclic) bond motifs is 1. The number of anilines is 1. The van der Waals surface area contributed by atoms with E-state index in [0.717, 1.165) is 42.0 Å². The maximum Gasteiger partial charge on any atom is 0.223 e. The normalized spacial score (nSPS) is 19.5. The number of aromatic nitrogens is 2. The molecule has 4 rings (SSSR count). The van der Waals surface area contributed by atoms with Crippen molar-refractivity contribution in [1.29, 1.82) is 0 Å². The van der Waals surface area contributed by atoms with Crippen LogP contribution in [0.5, 0.6) is 0 Å². The smallest absolute Gasteiger partial charge is 0.223 e. The standard InChI is InChI=1S/C13H14N4OS/c18-13(8-1-2-8)16-9-5-17(6-9)12-11-10(3-4-19-11)14-7-15-12/h3-4,7-9H,1-2,5-6H2,(H,16,18). The lowest BCUT2D eigenvalue weighted by molar-refractivity contribution is -0.123. The van der Waals surface area contributed by atoms with E-state index >= 15 is 0 Å². The average molecular weight is 274 g/mol. The molecule has 98 valence electrons. The number of carbonyl (C=O) groups is 1. The fourth-order valence-electron chi connectivity index (χ4n) is 2.41. The summed E-state index contributed by atoms with van der Waals surface area (Å²) < 4.78 is 1.13. The fourth-order valence-corrected chi connectivity index (χ4v) is 3.27. The maximum atomic E-state index is 11.7. The van der Waals surface area contributed by atoms with Gasteiger partial charge in [-0.05, 0) is 24.3 Å². The van der Waals surface area contributed by atoms with Crippen molar-refractivity contribution in [1.82, 2.24) is 15.3 Å². The van der Waals surface area contributed by atoms with E-state index in [9.17, 15) is 4.79 Å². The molecule has 2 aromatic rings. The first-order valence-electron chi connectivity index (χ1n) is 6.55. The van der Waals surface area contributed by atoms with Gasteiger partial charge in [-0.25, -0.2) is 9.97 Å². The molecular weight excluding hydrogens is 260 g/mol. The van der Waals surface area contributed by atoms with E-state index in [2.05, 4.69) is 20.2 Å². The van der Waals surface area contributed by atoms with Crippen LogP contribution in [0.4, 0.5) is 5.82 Å². The second-order valence-electron chi connectivity index (χ2n) is 5.22. The molecule has 0 radical (unpaired) electrons. The van der Waals surface area contributed by atoms with E-state index in [1.54, 1.807) is 17.7 Å². The van der Waals surface area contributed by atoms with Gasteiger partial charge >= 0.3 is 0 Å². The molecule has 1 saturated heterocycles. The largest absolute Gasteiger partial charge is 0.351 e. The molecule has 1 N–H and O–H groups in total. The zero-order valence-electron chi connectivity index (χ0n) is 10.4. The Labute approximate surface area is 114 Å². The van der Waals surface area contributed by atoms with Crippen molar-refractivity contribution < 1.29 is 4.79 Å². The number of rotatable bonds is 3. The third-order valence-corrected chi connectivity index (χ3v) is 4.60. The predicted octanol–water partition coefficient (Wildman–Crippen LogP) is 1.41. The van der Waals surface area contributed by atoms with E-state index in [1.165, 1.54) is 0 Å². The minimum Gasteiger partial charge on any atom is -0.351 e. The molecule has 6 heteroatoms. The summed E-state index contributed by atoms with van der Waals surface area (Å²) in [5, 5.41) is 5.14. The third kappa shape index (κ3) is 1.96. The maximum absolute atomic E-state index is 11.7. The first kappa shape index (κ1) is 11.2. The lowest BCUT2D eigenvalue weighted by Crippen LogP contribution is -2.60. The minimum atomic E-state index is 0.230. The van der Waals surface area contributed by atoms with Gasteiger partial charge in [-0.2, -0.15) is 0 Å². The van der Waals surface area contributed by atoms with Crippen molar-refractivity contribution in [2.24, 2.45) is 5.92 Å². The van der Waals surface area contributed by atoms with E-state index in [-0.39, 0.29) is 17.9 Å². The van der Waals surface area contributed by atoms with Crippen molar-refractivity contribution in [3.63, 3.8) is 0 Å². The van der Waals surface area contributed by atoms with Crippen LogP contribution in [0.1, 0.15) is 12.8 Å². The molecule has 2 aliphatic rings. The molecular formula is C13H14N4OS. The molecule has 0 atom stereocenters. The van der Waals surface area contributed by atoms with Crippen LogP contribution < -0.4 is 10.2 Å². The Balaban J connectivity index is 1.45. The molecule has 2 fully saturated rings. The van der Waals surface area contributed by atoms with E-state index in [4.69, 9.17) is 0 Å². The molecule has 3 heterocycles. The lowest BCUT2D eigenvalue weighted by atomic mass is 10.1. The molecule has 1 aliphatic carbocycles. The number of amides is 1. The van der Waals surface area contributed by atoms with Gasteiger partial charge in [0.1, 0.15) is 12.1 Å². The minimum absolute atomic E-state index is 0.230. The lowest BCUT2D eigenvalue weighted by Gasteiger charge is -2.40. The van der Waals surface area contributed by atoms with Crippen LogP contribution >= 0.6 is 11.3 Å². The van der Waals surface area contributed by atoms with Crippen LogP contribution in [0.15, 0.2) is 17.8 Å². The predicted molar refractivity (Wildman–Crippen MR) is 74.3 cm³/mol. The van der Waals surface area contributed by atoms with Crippen LogP contribution in [0.2, 0.25) is 0 Å². The number of hydrogen-bond donors (Lipinski definition) is 1. The van der Waals surface area contributed by atoms with Crippen LogP contribution in [0.3, 0.4) is 0 Å². The highest BCUT2D eigenvalue weighted by Gasteiger charge is 2.35. The number of carbonyl (C=O) groups excluding carboxylic acids is 1. The number of hydrogen-bond acceptors (Lipinski definition) is 5. The summed E-state index contributed by atoms with van der Waals surface area (Å²) in [5.41, 5.74) is 1.00. The van der Waals surface area contributed by atoms with Crippen molar-refractivity contribution in [2.45, 2.75) is 18.9 Å². The van der Waals surface area contributed by atoms with Crippen molar-refractivity contribution >= 4 is 33.3 Å². The van der Waals surface area contributed by atoms with Crippen LogP contribution in [-0.4, -0.2) is 35.0 Å². The molecule has 1 saturated carbocycles. The first-order chi connectivity index (χ1) is 9.31. The van der Waals surface area contributed by atoms with Crippen molar-refractivity contribution in [3.8, 4) is 0 Å². The number of nitrogens with zero attached hydrogens (tertiary/aromatic N) is 3. The Bertz CT molecular complexity index is 630. The summed E-state index contributed by atoms with van der Waals surface area (Å²) in [6.45, 7) is 1.70. The van der Waals surface area contributed by atoms with E-state index < -0.39 is 0 Å². The summed E-state index contributed by atoms with van der Waals surface area (Å²) in [6, 6.07) is 2.29. The zero-order valence-corrected chi connectivity index (χ0v) is 11.2. The number of thiophene rings is 1. The fraction of sp³-hybridized carbons (Fsp3) is 0.462. The molecule has 0 aromatic carbocycles. The third-order valence-electron chi connectivity index (χ3n) is 3.70. The zero-order chi connectivity index (χ0) is 12.8. The molecule has 5 nitrogen and oxygen atoms in total. The molecule has 2 aromatic heterocycles. The quantitative estimate of drug-likeness (QED) is 0.919. The van der Waals surface area contributed by atoms with Crippen molar-refractivity contribution in [3.05, 3.63) is 17.8 Å². The topological polar surface area (TPSA) is 58.1 Å². The Hall–Kier alpha value is -1.69. The molecule has 0 spiro atoms. The SMILES string of the molecule is O=C(NC1CN(c2ncnc3ccsc23)C1)C1CC1. The highest BCUT2D eigenvalue weighted by molar-refractivity contribution is 7.17. The van der Waals surface area contributed by atoms with Gasteiger partial charge in [-0.1, -0.05) is 0 Å². The summed E-state index contributed by atoms with van der Waals surface area (Å²) in [6.07, 6.45) is 3.73. The van der Waals surface area contributed by atoms with E-state index in [1.807, 2.05) is 11.4 Å². The second-order valence-corrected chi connectivity index (χ2v) is 6.13. The molecule has 0 unspecified atom stereocenters. The molecule has 1 amide bonds. The van der Waals surface area contributed by atoms with Crippen LogP contribution in [-0.2, 0) is 4.79 Å². The van der Waals surface area contributed by atoms with Gasteiger partial charge in [0.25, 0.3) is 0 Å². The summed E-state index contributed by atoms with van der Waals surface area (Å²) in [7, 11) is 0. The van der Waals surface area contributed by atoms with Gasteiger partial charge in [0, 0.05) is 19.0 Å². The first-order valence-corrected chi connectivity index (χ1v) is 7.43. The highest BCUT2D eigenvalue weighted by Crippen LogP contribution is 2.32. The molecule has 1 aliphatic heterocycles. The monoisotopic (exact) mass is 274 g/mol. The summed E-state index contributed by atoms with van der Waals surface area (Å²) in [5.74, 6) is 1.52. The van der Waals surface area contributed by atoms with Crippen LogP contribution in [0, 0.1) is 5.92 Å². The Morgan fingerprint density at radius 1 is 1.37 bits per heavy atom. The van der Waals surface area contributed by atoms with Crippen molar-refractivity contribution in [2.75, 3.05) is 18.0 Å². The van der Waals surface area contributed by atoms with Gasteiger partial charge in [-0.15, -0.1) is 11.3 Å². The van der Waals surface area contributed by atoms with Gasteiger partial charge in [-0.3, -0.25) is 4.79 Å². The Morgan fingerprint density at radius 3 is 3.00 bits per heavy atom. The van der Waals surface area contributed by atoms with Gasteiger partial charge in [0.2, 0.25) is 5.91 Å². The average Bonchev–Trinajstić information content (AvgIpc) is 3.11. The summed E-state index contributed by atoms with van der Waals surface area (Å²) in [4.78, 5) is 22.5. The van der Waals surface area contributed by atoms with Gasteiger partial charge in [0.15, 0.2) is 0 Å². The Morgan fingerprint density at radius 2 is 2.21 bits per heavy atom. The summed E-state index contributed by atoms with van der Waals surface area (Å²) >= 11 is 1.67. The number of nitrogens with one attached hydrogen (secondary N) is 1. The van der Waals surface area contributed by atoms with Gasteiger partial charge in [0.05, 0.1) is 16.3 Å². The molecule has 19 heavy (non-hydrogen) atoms. The molecule has 0 bridgehead atoms. The highest BCUT2D eigenvalue weighted by atomic mass is 32.1. The van der Waals surface area contributed by atoms with Crippen LogP contribution in [0.25, 0.3) is 10.2 Å². The second kappa shape index (κ2) is 4.16. The Kier molecular flexibility index (Phi) is 2.44. The van der Waals surface area contributed by atoms with E-state index in [0.29, 0.717) is 0 Å².